The van der Waals surface area contributed by atoms with Gasteiger partial charge in [-0.25, -0.2) is 0 Å². The highest BCUT2D eigenvalue weighted by Crippen LogP contribution is 2.24. The second kappa shape index (κ2) is 8.18. The van der Waals surface area contributed by atoms with E-state index in [9.17, 15) is 5.11 Å². The third-order valence-electron chi connectivity index (χ3n) is 3.74. The number of phenols is 1. The van der Waals surface area contributed by atoms with E-state index < -0.39 is 0 Å². The minimum absolute atomic E-state index is 0.427. The fourth-order valence-electron chi connectivity index (χ4n) is 2.47. The smallest absolute Gasteiger partial charge is 0.122 e. The summed E-state index contributed by atoms with van der Waals surface area (Å²) in [6.45, 7) is 8.77. The molecule has 19 heavy (non-hydrogen) atoms. The monoisotopic (exact) mass is 265 g/mol. The zero-order valence-electron chi connectivity index (χ0n) is 12.6. The predicted molar refractivity (Wildman–Crippen MR) is 79.5 cm³/mol. The maximum Gasteiger partial charge on any atom is 0.122 e. The number of ether oxygens (including phenoxy) is 1. The molecule has 1 N–H and O–H groups in total. The number of aromatic hydroxyl groups is 1. The first-order valence-corrected chi connectivity index (χ1v) is 7.14. The molecular formula is C16H27NO2. The van der Waals surface area contributed by atoms with E-state index in [2.05, 4.69) is 18.7 Å². The van der Waals surface area contributed by atoms with Crippen LogP contribution in [0.3, 0.4) is 0 Å². The van der Waals surface area contributed by atoms with Crippen LogP contribution in [0.25, 0.3) is 0 Å². The molecular weight excluding hydrogens is 238 g/mol. The number of rotatable bonds is 8. The van der Waals surface area contributed by atoms with Gasteiger partial charge in [0.05, 0.1) is 6.61 Å². The van der Waals surface area contributed by atoms with Crippen molar-refractivity contribution in [3.8, 4) is 5.75 Å². The molecule has 0 bridgehead atoms. The lowest BCUT2D eigenvalue weighted by atomic mass is 10.1. The molecule has 108 valence electrons. The largest absolute Gasteiger partial charge is 0.507 e. The summed E-state index contributed by atoms with van der Waals surface area (Å²) in [4.78, 5) is 2.40. The molecule has 0 aliphatic heterocycles. The number of benzene rings is 1. The predicted octanol–water partition coefficient (Wildman–Crippen LogP) is 3.34. The molecule has 0 aromatic heterocycles. The Morgan fingerprint density at radius 2 is 1.95 bits per heavy atom. The Kier molecular flexibility index (Phi) is 6.89. The summed E-state index contributed by atoms with van der Waals surface area (Å²) in [6.07, 6.45) is 2.24. The van der Waals surface area contributed by atoms with Crippen LogP contribution in [0.4, 0.5) is 0 Å². The Balaban J connectivity index is 2.83. The van der Waals surface area contributed by atoms with Crippen molar-refractivity contribution in [2.24, 2.45) is 0 Å². The van der Waals surface area contributed by atoms with E-state index in [4.69, 9.17) is 4.74 Å². The minimum atomic E-state index is 0.427. The molecule has 1 rings (SSSR count). The van der Waals surface area contributed by atoms with E-state index in [0.29, 0.717) is 11.8 Å². The van der Waals surface area contributed by atoms with Crippen LogP contribution in [0, 0.1) is 6.92 Å². The van der Waals surface area contributed by atoms with E-state index in [1.54, 1.807) is 7.11 Å². The number of nitrogens with zero attached hydrogens (tertiary/aromatic N) is 1. The molecule has 3 nitrogen and oxygen atoms in total. The van der Waals surface area contributed by atoms with Crippen molar-refractivity contribution in [2.45, 2.75) is 46.2 Å². The summed E-state index contributed by atoms with van der Waals surface area (Å²) in [6, 6.07) is 6.49. The van der Waals surface area contributed by atoms with Gasteiger partial charge in [0, 0.05) is 31.8 Å². The maximum atomic E-state index is 10.1. The van der Waals surface area contributed by atoms with Crippen LogP contribution in [-0.2, 0) is 11.3 Å². The molecule has 0 amide bonds. The molecule has 0 atom stereocenters. The van der Waals surface area contributed by atoms with Gasteiger partial charge in [0.2, 0.25) is 0 Å². The molecule has 0 saturated carbocycles. The first-order chi connectivity index (χ1) is 9.13. The lowest BCUT2D eigenvalue weighted by Gasteiger charge is -2.30. The molecule has 0 aliphatic rings. The first-order valence-electron chi connectivity index (χ1n) is 7.14. The molecule has 0 heterocycles. The number of aryl methyl sites for hydroxylation is 1. The maximum absolute atomic E-state index is 10.1. The van der Waals surface area contributed by atoms with Crippen molar-refractivity contribution in [1.29, 1.82) is 0 Å². The Hall–Kier alpha value is -1.06. The summed E-state index contributed by atoms with van der Waals surface area (Å²) in [5.41, 5.74) is 1.94. The molecule has 0 radical (unpaired) electrons. The van der Waals surface area contributed by atoms with Gasteiger partial charge < -0.3 is 9.84 Å². The topological polar surface area (TPSA) is 32.7 Å². The van der Waals surface area contributed by atoms with Crippen molar-refractivity contribution < 1.29 is 9.84 Å². The summed E-state index contributed by atoms with van der Waals surface area (Å²) in [7, 11) is 1.73. The normalized spacial score (nSPS) is 11.5. The van der Waals surface area contributed by atoms with Crippen LogP contribution in [0.2, 0.25) is 0 Å². The van der Waals surface area contributed by atoms with Crippen molar-refractivity contribution in [1.82, 2.24) is 4.90 Å². The summed E-state index contributed by atoms with van der Waals surface area (Å²) in [5.74, 6) is 0.427. The van der Waals surface area contributed by atoms with E-state index in [-0.39, 0.29) is 0 Å². The minimum Gasteiger partial charge on any atom is -0.507 e. The van der Waals surface area contributed by atoms with Gasteiger partial charge in [-0.1, -0.05) is 32.0 Å². The highest BCUT2D eigenvalue weighted by atomic mass is 16.5. The molecule has 0 spiro atoms. The number of methoxy groups -OCH3 is 1. The van der Waals surface area contributed by atoms with Crippen molar-refractivity contribution in [2.75, 3.05) is 20.3 Å². The average molecular weight is 265 g/mol. The summed E-state index contributed by atoms with van der Waals surface area (Å²) < 4.78 is 5.20. The first kappa shape index (κ1) is 16.0. The van der Waals surface area contributed by atoms with Gasteiger partial charge in [-0.3, -0.25) is 4.90 Å². The van der Waals surface area contributed by atoms with Gasteiger partial charge in [-0.15, -0.1) is 0 Å². The average Bonchev–Trinajstić information content (AvgIpc) is 2.42. The zero-order chi connectivity index (χ0) is 14.3. The van der Waals surface area contributed by atoms with Crippen molar-refractivity contribution in [3.63, 3.8) is 0 Å². The number of hydrogen-bond acceptors (Lipinski definition) is 3. The fraction of sp³-hybridized carbons (Fsp3) is 0.625. The van der Waals surface area contributed by atoms with Crippen LogP contribution >= 0.6 is 0 Å². The quantitative estimate of drug-likeness (QED) is 0.782. The van der Waals surface area contributed by atoms with Crippen LogP contribution < -0.4 is 0 Å². The van der Waals surface area contributed by atoms with Gasteiger partial charge in [0.15, 0.2) is 0 Å². The van der Waals surface area contributed by atoms with Crippen LogP contribution in [0.15, 0.2) is 18.2 Å². The Morgan fingerprint density at radius 3 is 2.53 bits per heavy atom. The third kappa shape index (κ3) is 4.51. The number of para-hydroxylation sites is 1. The van der Waals surface area contributed by atoms with E-state index in [1.807, 2.05) is 25.1 Å². The van der Waals surface area contributed by atoms with Gasteiger partial charge in [-0.05, 0) is 25.3 Å². The molecule has 1 aromatic rings. The lowest BCUT2D eigenvalue weighted by molar-refractivity contribution is 0.109. The Labute approximate surface area is 117 Å². The van der Waals surface area contributed by atoms with E-state index >= 15 is 0 Å². The second-order valence-electron chi connectivity index (χ2n) is 5.02. The SMILES string of the molecule is CCC(CC)N(CCOC)Cc1cccc(C)c1O. The highest BCUT2D eigenvalue weighted by Gasteiger charge is 2.17. The third-order valence-corrected chi connectivity index (χ3v) is 3.74. The van der Waals surface area contributed by atoms with Gasteiger partial charge in [-0.2, -0.15) is 0 Å². The van der Waals surface area contributed by atoms with Crippen LogP contribution in [-0.4, -0.2) is 36.3 Å². The van der Waals surface area contributed by atoms with E-state index in [1.165, 1.54) is 0 Å². The Bertz CT molecular complexity index is 375. The lowest BCUT2D eigenvalue weighted by Crippen LogP contribution is -2.36. The summed E-state index contributed by atoms with van der Waals surface area (Å²) in [5, 5.41) is 10.1. The summed E-state index contributed by atoms with van der Waals surface area (Å²) >= 11 is 0. The molecule has 0 aliphatic carbocycles. The fourth-order valence-corrected chi connectivity index (χ4v) is 2.47. The number of hydrogen-bond donors (Lipinski definition) is 1. The molecule has 3 heteroatoms. The van der Waals surface area contributed by atoms with Crippen LogP contribution in [0.5, 0.6) is 5.75 Å². The van der Waals surface area contributed by atoms with Gasteiger partial charge >= 0.3 is 0 Å². The molecule has 0 saturated heterocycles. The van der Waals surface area contributed by atoms with Gasteiger partial charge in [0.1, 0.15) is 5.75 Å². The molecule has 0 unspecified atom stereocenters. The molecule has 1 aromatic carbocycles. The van der Waals surface area contributed by atoms with Crippen molar-refractivity contribution >= 4 is 0 Å². The van der Waals surface area contributed by atoms with Crippen LogP contribution in [0.1, 0.15) is 37.8 Å². The second-order valence-corrected chi connectivity index (χ2v) is 5.02. The van der Waals surface area contributed by atoms with Crippen molar-refractivity contribution in [3.05, 3.63) is 29.3 Å². The standard InChI is InChI=1S/C16H27NO2/c1-5-15(6-2)17(10-11-19-4)12-14-9-7-8-13(3)16(14)18/h7-9,15,18H,5-6,10-12H2,1-4H3. The highest BCUT2D eigenvalue weighted by molar-refractivity contribution is 5.39. The zero-order valence-corrected chi connectivity index (χ0v) is 12.6. The number of phenolic OH excluding ortho intramolecular Hbond substituents is 1. The van der Waals surface area contributed by atoms with Gasteiger partial charge in [0.25, 0.3) is 0 Å². The van der Waals surface area contributed by atoms with E-state index in [0.717, 1.165) is 43.7 Å². The Morgan fingerprint density at radius 1 is 1.26 bits per heavy atom. The molecule has 0 fully saturated rings.